The zero-order chi connectivity index (χ0) is 107. The number of carbonyl (C=O) groups excluding carboxylic acids is 7. The Labute approximate surface area is 804 Å². The molecular formula is C77H161N13O38S8. The lowest BCUT2D eigenvalue weighted by molar-refractivity contribution is -0.148. The summed E-state index contributed by atoms with van der Waals surface area (Å²) in [6.45, 7) is 32.8. The normalized spacial score (nSPS) is 13.8. The molecule has 27 N–H and O–H groups in total. The minimum absolute atomic E-state index is 0.0436. The molecule has 810 valence electrons. The number of nitrogens with two attached hydrogens (primary N) is 1. The molecule has 0 radical (unpaired) electrons. The molecule has 0 saturated heterocycles. The fraction of sp³-hybridized carbons (Fsp3) is 0.831. The number of esters is 2. The summed E-state index contributed by atoms with van der Waals surface area (Å²) in [4.78, 5) is 78.9. The number of aliphatic hydroxyl groups is 1. The third kappa shape index (κ3) is 106. The number of amides is 5. The second-order valence-corrected chi connectivity index (χ2v) is 46.7. The molecule has 8 atom stereocenters. The molecule has 136 heavy (non-hydrogen) atoms. The predicted molar refractivity (Wildman–Crippen MR) is 509 cm³/mol. The monoisotopic (exact) mass is 2130 g/mol. The molecule has 0 aliphatic rings. The molecule has 0 aromatic heterocycles. The van der Waals surface area contributed by atoms with Gasteiger partial charge in [0, 0.05) is 6.04 Å². The summed E-state index contributed by atoms with van der Waals surface area (Å²) in [6.07, 6.45) is 6.82. The minimum Gasteiger partial charge on any atom is -0.468 e. The molecule has 0 spiro atoms. The van der Waals surface area contributed by atoms with Crippen molar-refractivity contribution in [3.63, 3.8) is 0 Å². The van der Waals surface area contributed by atoms with Gasteiger partial charge in [-0.25, -0.2) is 21.9 Å². The Morgan fingerprint density at radius 3 is 0.846 bits per heavy atom. The van der Waals surface area contributed by atoms with E-state index in [1.54, 1.807) is 59.4 Å². The summed E-state index contributed by atoms with van der Waals surface area (Å²) in [5.41, 5.74) is 11.7. The van der Waals surface area contributed by atoms with Crippen LogP contribution in [-0.2, 0) is 131 Å². The number of benzene rings is 1. The van der Waals surface area contributed by atoms with E-state index in [2.05, 4.69) is 47.3 Å². The van der Waals surface area contributed by atoms with Crippen LogP contribution in [0.1, 0.15) is 213 Å². The van der Waals surface area contributed by atoms with E-state index in [0.717, 1.165) is 24.8 Å². The average Bonchev–Trinajstić information content (AvgIpc) is 1.01. The van der Waals surface area contributed by atoms with Crippen LogP contribution in [0.5, 0.6) is 0 Å². The lowest BCUT2D eigenvalue weighted by atomic mass is 10.00. The highest BCUT2D eigenvalue weighted by Crippen LogP contribution is 2.15. The molecular weight excluding hydrogens is 1970 g/mol. The summed E-state index contributed by atoms with van der Waals surface area (Å²) >= 11 is 0. The van der Waals surface area contributed by atoms with Crippen LogP contribution in [0.4, 0.5) is 0 Å². The maximum Gasteiger partial charge on any atom is 0.323 e. The van der Waals surface area contributed by atoms with Gasteiger partial charge in [0.1, 0.15) is 18.7 Å². The van der Waals surface area contributed by atoms with Crippen molar-refractivity contribution in [3.05, 3.63) is 35.9 Å². The van der Waals surface area contributed by atoms with E-state index in [1.165, 1.54) is 18.1 Å². The fourth-order valence-corrected chi connectivity index (χ4v) is 15.0. The van der Waals surface area contributed by atoms with E-state index >= 15 is 0 Å². The summed E-state index contributed by atoms with van der Waals surface area (Å²) in [7, 11) is -30.2. The van der Waals surface area contributed by atoms with Gasteiger partial charge in [-0.1, -0.05) is 113 Å². The van der Waals surface area contributed by atoms with Crippen LogP contribution >= 0.6 is 0 Å². The van der Waals surface area contributed by atoms with Crippen molar-refractivity contribution in [1.29, 1.82) is 0 Å². The maximum absolute atomic E-state index is 12.2. The van der Waals surface area contributed by atoms with Crippen LogP contribution in [0.15, 0.2) is 30.3 Å². The molecule has 0 aliphatic carbocycles. The average molecular weight is 2130 g/mol. The number of primary amides is 1. The summed E-state index contributed by atoms with van der Waals surface area (Å²) in [6, 6.07) is 5.98. The van der Waals surface area contributed by atoms with Gasteiger partial charge in [-0.05, 0) is 217 Å². The van der Waals surface area contributed by atoms with E-state index in [1.807, 2.05) is 92.6 Å². The number of ether oxygens (including phenoxy) is 2. The molecule has 0 heterocycles. The first kappa shape index (κ1) is 143. The second-order valence-electron chi connectivity index (χ2n) is 34.2. The van der Waals surface area contributed by atoms with Crippen LogP contribution in [0.3, 0.4) is 0 Å². The van der Waals surface area contributed by atoms with Gasteiger partial charge in [-0.2, -0.15) is 67.3 Å². The zero-order valence-electron chi connectivity index (χ0n) is 81.0. The summed E-state index contributed by atoms with van der Waals surface area (Å²) in [5.74, 6) is -4.96. The highest BCUT2D eigenvalue weighted by atomic mass is 32.2. The topological polar surface area (TPSA) is 844 Å². The first-order valence-electron chi connectivity index (χ1n) is 43.6. The third-order valence-electron chi connectivity index (χ3n) is 17.5. The molecule has 0 bridgehead atoms. The number of rotatable bonds is 63. The van der Waals surface area contributed by atoms with Gasteiger partial charge in [-0.15, -0.1) is 0 Å². The van der Waals surface area contributed by atoms with Crippen molar-refractivity contribution >= 4 is 122 Å². The Bertz CT molecular complexity index is 4250. The fourth-order valence-electron chi connectivity index (χ4n) is 10.9. The van der Waals surface area contributed by atoms with E-state index in [-0.39, 0.29) is 153 Å². The summed E-state index contributed by atoms with van der Waals surface area (Å²) < 4.78 is 245. The standard InChI is InChI=1S/C16H25NO5S.C11H25NO4S.2C9H20N2O5S.C9H20N2O4S.2C8H18N2O5S.C7H15NO5S/c1-13(2)11-15(17-9-6-10-23(19,20)21)16(18)22-12-14-7-4-3-5-8-14;1-10(6-4-7-11(2,3)13)12-8-5-9-17(14,15)16;2*1-7(2)6-8(9(12)11-13)10-4-3-5-17(14,15)16;1-7(2)6-8(9(10)12)11-4-3-5-16(13,14)15;2*1-6(2)7(8(11)10-12)9-4-3-5-16(13,14)15;1-6(7(9)13-2)8-4-3-5-14(10,11)12/h3-5,7-8,13,15,17H,6,9-12H2,1-2H3,(H,19,20,21);10,12-13H,4-9H2,1-3H3,(H,14,15,16);2*7-8,10,13H,3-6H2,1-2H3,(H,11,12)(H,14,15,16);7-8,11H,3-6H2,1-2H3,(H2,10,12)(H,13,14,15);2*6-7,9,12H,3-5H2,1-2H3,(H,10,11)(H,13,14,15);6,8H,3-5H2,1-2H3,(H,10,11,12)/t15-;;3*8-;2*7-;6-/m1.101101/s1. The van der Waals surface area contributed by atoms with Crippen molar-refractivity contribution in [2.24, 2.45) is 41.2 Å². The molecule has 0 saturated carbocycles. The second kappa shape index (κ2) is 77.9. The SMILES string of the molecule is CC(C)C[C@@H](NCCCS(=O)(=O)O)C(=O)NO.CC(C)C[C@@H](NCCCS(=O)(=O)O)C(=O)OCc1ccccc1.CC(C)C[C@@H](NCCCS(=O)(=O)O)C(N)=O.CC(C)C[C@H](NCCCS(=O)(=O)O)C(=O)NO.CC(C)[C@@H](NCCCS(=O)(=O)O)C(=O)NO.CC(C)[C@H](NCCCS(=O)(=O)O)C(=O)NO.CC(CCCC(C)(C)O)NCCCS(=O)(=O)O.COC(=O)[C@@H](C)NCCCS(=O)(=O)O. The van der Waals surface area contributed by atoms with Crippen LogP contribution in [0, 0.1) is 35.5 Å². The number of hydrogen-bond donors (Lipinski definition) is 26. The molecule has 0 fully saturated rings. The van der Waals surface area contributed by atoms with E-state index in [0.29, 0.717) is 76.2 Å². The first-order valence-corrected chi connectivity index (χ1v) is 56.5. The number of hydroxylamine groups is 4. The van der Waals surface area contributed by atoms with Crippen molar-refractivity contribution < 1.29 is 173 Å². The number of hydrogen-bond acceptors (Lipinski definition) is 38. The van der Waals surface area contributed by atoms with Gasteiger partial charge in [0.2, 0.25) is 5.91 Å². The highest BCUT2D eigenvalue weighted by Gasteiger charge is 2.27. The third-order valence-corrected chi connectivity index (χ3v) is 23.9. The largest absolute Gasteiger partial charge is 0.468 e. The number of methoxy groups -OCH3 is 1. The van der Waals surface area contributed by atoms with Crippen molar-refractivity contribution in [2.45, 2.75) is 268 Å². The van der Waals surface area contributed by atoms with Crippen LogP contribution in [0.25, 0.3) is 0 Å². The van der Waals surface area contributed by atoms with Crippen molar-refractivity contribution in [1.82, 2.24) is 64.5 Å². The van der Waals surface area contributed by atoms with Gasteiger partial charge < -0.3 is 62.8 Å². The van der Waals surface area contributed by atoms with Gasteiger partial charge in [-0.3, -0.25) is 90.8 Å². The highest BCUT2D eigenvalue weighted by molar-refractivity contribution is 7.87. The maximum atomic E-state index is 12.2. The molecule has 51 nitrogen and oxygen atoms in total. The van der Waals surface area contributed by atoms with Gasteiger partial charge in [0.25, 0.3) is 105 Å². The molecule has 0 aliphatic heterocycles. The Kier molecular flexibility index (Phi) is 82.0. The van der Waals surface area contributed by atoms with Crippen LogP contribution < -0.4 is 70.2 Å². The van der Waals surface area contributed by atoms with Gasteiger partial charge >= 0.3 is 11.9 Å². The van der Waals surface area contributed by atoms with E-state index < -0.39 is 164 Å². The first-order chi connectivity index (χ1) is 62.0. The molecule has 5 amide bonds. The van der Waals surface area contributed by atoms with Gasteiger partial charge in [0.15, 0.2) is 0 Å². The molecule has 1 rings (SSSR count). The van der Waals surface area contributed by atoms with Crippen LogP contribution in [-0.4, -0.2) is 331 Å². The van der Waals surface area contributed by atoms with Crippen molar-refractivity contribution in [3.8, 4) is 0 Å². The van der Waals surface area contributed by atoms with E-state index in [9.17, 15) is 106 Å². The van der Waals surface area contributed by atoms with Crippen LogP contribution in [0.2, 0.25) is 0 Å². The molecule has 1 unspecified atom stereocenters. The lowest BCUT2D eigenvalue weighted by Crippen LogP contribution is -2.47. The minimum atomic E-state index is -3.97. The lowest BCUT2D eigenvalue weighted by Gasteiger charge is -2.19. The van der Waals surface area contributed by atoms with E-state index in [4.69, 9.17) is 67.7 Å². The Morgan fingerprint density at radius 1 is 0.346 bits per heavy atom. The Balaban J connectivity index is -0.000000281. The predicted octanol–water partition coefficient (Wildman–Crippen LogP) is 0.681. The van der Waals surface area contributed by atoms with Gasteiger partial charge in [0.05, 0.1) is 88.9 Å². The molecule has 1 aromatic rings. The molecule has 1 aromatic carbocycles. The number of nitrogens with one attached hydrogen (secondary N) is 12. The zero-order valence-corrected chi connectivity index (χ0v) is 87.5. The number of carbonyl (C=O) groups is 7. The summed E-state index contributed by atoms with van der Waals surface area (Å²) in [5, 5.41) is 66.6. The quantitative estimate of drug-likeness (QED) is 0.0140. The Morgan fingerprint density at radius 2 is 0.596 bits per heavy atom. The Hall–Kier alpha value is -5.73. The van der Waals surface area contributed by atoms with Crippen molar-refractivity contribution in [2.75, 3.05) is 105 Å². The smallest absolute Gasteiger partial charge is 0.323 e. The molecule has 59 heteroatoms.